The maximum atomic E-state index is 8.67. The Morgan fingerprint density at radius 1 is 1.33 bits per heavy atom. The summed E-state index contributed by atoms with van der Waals surface area (Å²) in [5, 5.41) is 17.1. The van der Waals surface area contributed by atoms with Gasteiger partial charge in [0, 0.05) is 19.1 Å². The number of hydrogen-bond acceptors (Lipinski definition) is 4. The van der Waals surface area contributed by atoms with Crippen LogP contribution in [0.1, 0.15) is 18.7 Å². The second-order valence-corrected chi connectivity index (χ2v) is 3.62. The van der Waals surface area contributed by atoms with Crippen LogP contribution in [0.25, 0.3) is 5.65 Å². The molecule has 0 bridgehead atoms. The van der Waals surface area contributed by atoms with Crippen LogP contribution in [0.15, 0.2) is 12.4 Å². The number of halogens is 1. The Morgan fingerprint density at radius 3 is 3.00 bits per heavy atom. The minimum atomic E-state index is 0.209. The van der Waals surface area contributed by atoms with Crippen LogP contribution < -0.4 is 0 Å². The number of aryl methyl sites for hydroxylation is 1. The van der Waals surface area contributed by atoms with E-state index in [2.05, 4.69) is 15.2 Å². The molecule has 0 aliphatic heterocycles. The molecule has 6 heteroatoms. The molecule has 2 heterocycles. The molecule has 0 radical (unpaired) electrons. The van der Waals surface area contributed by atoms with Gasteiger partial charge in [0.15, 0.2) is 5.65 Å². The van der Waals surface area contributed by atoms with Gasteiger partial charge in [0.2, 0.25) is 0 Å². The molecule has 1 N–H and O–H groups in total. The van der Waals surface area contributed by atoms with Crippen LogP contribution in [0.4, 0.5) is 0 Å². The van der Waals surface area contributed by atoms with Gasteiger partial charge < -0.3 is 5.11 Å². The molecule has 2 aromatic heterocycles. The van der Waals surface area contributed by atoms with E-state index in [4.69, 9.17) is 16.7 Å². The average Bonchev–Trinajstić information content (AvgIpc) is 2.61. The topological polar surface area (TPSA) is 63.3 Å². The molecule has 2 rings (SSSR count). The van der Waals surface area contributed by atoms with Crippen molar-refractivity contribution >= 4 is 17.2 Å². The van der Waals surface area contributed by atoms with Gasteiger partial charge in [-0.1, -0.05) is 11.6 Å². The van der Waals surface area contributed by atoms with Gasteiger partial charge in [-0.15, -0.1) is 10.2 Å². The van der Waals surface area contributed by atoms with Crippen molar-refractivity contribution in [3.05, 3.63) is 23.4 Å². The highest BCUT2D eigenvalue weighted by atomic mass is 35.5. The highest BCUT2D eigenvalue weighted by Gasteiger charge is 2.05. The summed E-state index contributed by atoms with van der Waals surface area (Å²) in [6.45, 7) is 0.209. The van der Waals surface area contributed by atoms with Crippen molar-refractivity contribution in [3.8, 4) is 0 Å². The fourth-order valence-electron chi connectivity index (χ4n) is 1.38. The third-order valence-electron chi connectivity index (χ3n) is 2.15. The fraction of sp³-hybridized carbons (Fsp3) is 0.444. The Kier molecular flexibility index (Phi) is 3.13. The number of rotatable bonds is 4. The minimum Gasteiger partial charge on any atom is -0.396 e. The van der Waals surface area contributed by atoms with E-state index >= 15 is 0 Å². The number of fused-ring (bicyclic) bond motifs is 1. The van der Waals surface area contributed by atoms with E-state index in [-0.39, 0.29) is 6.61 Å². The Hall–Kier alpha value is -1.20. The lowest BCUT2D eigenvalue weighted by atomic mass is 10.2. The molecule has 0 saturated carbocycles. The summed E-state index contributed by atoms with van der Waals surface area (Å²) >= 11 is 5.73. The van der Waals surface area contributed by atoms with Crippen LogP contribution in [0.5, 0.6) is 0 Å². The third kappa shape index (κ3) is 2.24. The first-order chi connectivity index (χ1) is 7.31. The van der Waals surface area contributed by atoms with E-state index in [1.807, 2.05) is 4.40 Å². The second kappa shape index (κ2) is 4.55. The lowest BCUT2D eigenvalue weighted by Gasteiger charge is -1.98. The minimum absolute atomic E-state index is 0.209. The first-order valence-corrected chi connectivity index (χ1v) is 5.15. The molecule has 15 heavy (non-hydrogen) atoms. The molecule has 0 aliphatic rings. The molecule has 0 atom stereocenters. The molecular weight excluding hydrogens is 216 g/mol. The molecule has 0 saturated heterocycles. The monoisotopic (exact) mass is 226 g/mol. The molecule has 0 unspecified atom stereocenters. The smallest absolute Gasteiger partial charge is 0.165 e. The zero-order chi connectivity index (χ0) is 10.7. The van der Waals surface area contributed by atoms with Crippen LogP contribution >= 0.6 is 11.6 Å². The number of hydrogen-bond donors (Lipinski definition) is 1. The van der Waals surface area contributed by atoms with Gasteiger partial charge in [-0.3, -0.25) is 4.40 Å². The molecule has 2 aromatic rings. The highest BCUT2D eigenvalue weighted by Crippen LogP contribution is 2.10. The fourth-order valence-corrected chi connectivity index (χ4v) is 1.53. The number of aliphatic hydroxyl groups is 1. The van der Waals surface area contributed by atoms with E-state index in [0.717, 1.165) is 25.1 Å². The molecule has 80 valence electrons. The lowest BCUT2D eigenvalue weighted by molar-refractivity contribution is 0.284. The summed E-state index contributed by atoms with van der Waals surface area (Å²) in [4.78, 5) is 3.97. The molecule has 0 spiro atoms. The highest BCUT2D eigenvalue weighted by molar-refractivity contribution is 6.29. The third-order valence-corrected chi connectivity index (χ3v) is 2.35. The van der Waals surface area contributed by atoms with Crippen molar-refractivity contribution in [3.63, 3.8) is 0 Å². The Balaban J connectivity index is 2.21. The predicted octanol–water partition coefficient (Wildman–Crippen LogP) is 1.09. The van der Waals surface area contributed by atoms with Crippen molar-refractivity contribution in [1.82, 2.24) is 19.6 Å². The normalized spacial score (nSPS) is 11.1. The summed E-state index contributed by atoms with van der Waals surface area (Å²) in [6, 6.07) is 1.67. The quantitative estimate of drug-likeness (QED) is 0.626. The van der Waals surface area contributed by atoms with Crippen LogP contribution in [-0.4, -0.2) is 31.3 Å². The Bertz CT molecular complexity index is 456. The zero-order valence-electron chi connectivity index (χ0n) is 8.10. The first-order valence-electron chi connectivity index (χ1n) is 4.77. The van der Waals surface area contributed by atoms with Gasteiger partial charge in [0.25, 0.3) is 0 Å². The molecule has 0 amide bonds. The van der Waals surface area contributed by atoms with E-state index in [0.29, 0.717) is 10.8 Å². The van der Waals surface area contributed by atoms with Crippen LogP contribution in [-0.2, 0) is 6.42 Å². The van der Waals surface area contributed by atoms with E-state index in [1.165, 1.54) is 0 Å². The standard InChI is InChI=1S/C9H11ClN4O/c10-7-5-9-13-12-8(3-1-2-4-15)14(9)6-11-7/h5-6,15H,1-4H2. The average molecular weight is 227 g/mol. The predicted molar refractivity (Wildman–Crippen MR) is 55.8 cm³/mol. The van der Waals surface area contributed by atoms with E-state index in [9.17, 15) is 0 Å². The number of aliphatic hydroxyl groups excluding tert-OH is 1. The number of nitrogens with zero attached hydrogens (tertiary/aromatic N) is 4. The SMILES string of the molecule is OCCCCc1nnc2cc(Cl)ncn12. The van der Waals surface area contributed by atoms with Gasteiger partial charge in [0.1, 0.15) is 17.3 Å². The molecule has 0 aromatic carbocycles. The Labute approximate surface area is 91.7 Å². The molecular formula is C9H11ClN4O. The summed E-state index contributed by atoms with van der Waals surface area (Å²) in [5.41, 5.74) is 0.703. The van der Waals surface area contributed by atoms with Gasteiger partial charge in [-0.25, -0.2) is 4.98 Å². The van der Waals surface area contributed by atoms with Crippen molar-refractivity contribution in [2.24, 2.45) is 0 Å². The van der Waals surface area contributed by atoms with Crippen LogP contribution in [0, 0.1) is 0 Å². The molecule has 0 aliphatic carbocycles. The zero-order valence-corrected chi connectivity index (χ0v) is 8.85. The van der Waals surface area contributed by atoms with Crippen molar-refractivity contribution in [2.75, 3.05) is 6.61 Å². The summed E-state index contributed by atoms with van der Waals surface area (Å²) in [6.07, 6.45) is 4.06. The van der Waals surface area contributed by atoms with Gasteiger partial charge in [-0.05, 0) is 12.8 Å². The van der Waals surface area contributed by atoms with Crippen LogP contribution in [0.3, 0.4) is 0 Å². The maximum absolute atomic E-state index is 8.67. The van der Waals surface area contributed by atoms with Gasteiger partial charge in [-0.2, -0.15) is 0 Å². The van der Waals surface area contributed by atoms with Gasteiger partial charge >= 0.3 is 0 Å². The van der Waals surface area contributed by atoms with Gasteiger partial charge in [0.05, 0.1) is 0 Å². The Morgan fingerprint density at radius 2 is 2.20 bits per heavy atom. The second-order valence-electron chi connectivity index (χ2n) is 3.24. The summed E-state index contributed by atoms with van der Waals surface area (Å²) < 4.78 is 1.81. The molecule has 0 fully saturated rings. The lowest BCUT2D eigenvalue weighted by Crippen LogP contribution is -1.97. The van der Waals surface area contributed by atoms with Crippen molar-refractivity contribution in [1.29, 1.82) is 0 Å². The number of aromatic nitrogens is 4. The largest absolute Gasteiger partial charge is 0.396 e. The first kappa shape index (κ1) is 10.3. The van der Waals surface area contributed by atoms with E-state index in [1.54, 1.807) is 12.4 Å². The molecule has 5 nitrogen and oxygen atoms in total. The van der Waals surface area contributed by atoms with E-state index < -0.39 is 0 Å². The summed E-state index contributed by atoms with van der Waals surface area (Å²) in [5.74, 6) is 0.850. The number of unbranched alkanes of at least 4 members (excludes halogenated alkanes) is 1. The van der Waals surface area contributed by atoms with Crippen LogP contribution in [0.2, 0.25) is 5.15 Å². The van der Waals surface area contributed by atoms with Crippen molar-refractivity contribution in [2.45, 2.75) is 19.3 Å². The maximum Gasteiger partial charge on any atom is 0.165 e. The summed E-state index contributed by atoms with van der Waals surface area (Å²) in [7, 11) is 0. The van der Waals surface area contributed by atoms with Crippen molar-refractivity contribution < 1.29 is 5.11 Å².